The fourth-order valence-corrected chi connectivity index (χ4v) is 1.36. The maximum absolute atomic E-state index is 9.51. The van der Waals surface area contributed by atoms with Crippen molar-refractivity contribution in [1.82, 2.24) is 0 Å². The van der Waals surface area contributed by atoms with Crippen molar-refractivity contribution in [2.75, 3.05) is 7.11 Å². The van der Waals surface area contributed by atoms with Gasteiger partial charge in [0.1, 0.15) is 6.10 Å². The number of hydrogen-bond acceptors (Lipinski definition) is 4. The molecule has 0 aromatic carbocycles. The molecule has 1 aliphatic rings. The summed E-state index contributed by atoms with van der Waals surface area (Å²) in [4.78, 5) is 0. The maximum Gasteiger partial charge on any atom is 0.185 e. The summed E-state index contributed by atoms with van der Waals surface area (Å²) in [5, 5.41) is 18.9. The van der Waals surface area contributed by atoms with Crippen molar-refractivity contribution >= 4 is 0 Å². The minimum atomic E-state index is -0.943. The van der Waals surface area contributed by atoms with Gasteiger partial charge in [0.2, 0.25) is 0 Å². The van der Waals surface area contributed by atoms with Crippen LogP contribution in [0.5, 0.6) is 0 Å². The summed E-state index contributed by atoms with van der Waals surface area (Å²) in [7, 11) is 1.45. The summed E-state index contributed by atoms with van der Waals surface area (Å²) in [5.41, 5.74) is 0. The Kier molecular flexibility index (Phi) is 3.06. The van der Waals surface area contributed by atoms with E-state index >= 15 is 0 Å². The minimum absolute atomic E-state index is 0.0635. The zero-order chi connectivity index (χ0) is 9.30. The smallest absolute Gasteiger partial charge is 0.185 e. The zero-order valence-corrected chi connectivity index (χ0v) is 7.60. The molecule has 0 spiro atoms. The molecule has 0 bridgehead atoms. The molecule has 1 saturated heterocycles. The third-order valence-corrected chi connectivity index (χ3v) is 2.49. The summed E-state index contributed by atoms with van der Waals surface area (Å²) in [6.45, 7) is 3.69. The second-order valence-electron chi connectivity index (χ2n) is 3.29. The largest absolute Gasteiger partial charge is 0.390 e. The van der Waals surface area contributed by atoms with Crippen molar-refractivity contribution in [3.63, 3.8) is 0 Å². The number of ether oxygens (including phenoxy) is 2. The Labute approximate surface area is 72.1 Å². The molecule has 1 heterocycles. The molecular formula is C8H16O4. The highest BCUT2D eigenvalue weighted by Gasteiger charge is 2.40. The molecule has 0 aromatic heterocycles. The van der Waals surface area contributed by atoms with E-state index in [9.17, 15) is 10.2 Å². The third kappa shape index (κ3) is 1.61. The summed E-state index contributed by atoms with van der Waals surface area (Å²) in [6, 6.07) is 0. The van der Waals surface area contributed by atoms with Crippen molar-refractivity contribution in [3.8, 4) is 0 Å². The summed E-state index contributed by atoms with van der Waals surface area (Å²) < 4.78 is 10.2. The Morgan fingerprint density at radius 3 is 2.25 bits per heavy atom. The van der Waals surface area contributed by atoms with Gasteiger partial charge in [0.25, 0.3) is 0 Å². The van der Waals surface area contributed by atoms with E-state index < -0.39 is 18.5 Å². The first kappa shape index (κ1) is 9.92. The van der Waals surface area contributed by atoms with Crippen LogP contribution in [0, 0.1) is 5.92 Å². The van der Waals surface area contributed by atoms with Gasteiger partial charge in [-0.2, -0.15) is 0 Å². The minimum Gasteiger partial charge on any atom is -0.390 e. The first-order valence-electron chi connectivity index (χ1n) is 4.12. The standard InChI is InChI=1S/C8H16O4/c1-4-5(2)12-8(11-3)7(10)6(4)9/h4-10H,1-3H3. The maximum atomic E-state index is 9.51. The SMILES string of the molecule is COC1OC(C)C(C)C(O)C1O. The van der Waals surface area contributed by atoms with Crippen LogP contribution >= 0.6 is 0 Å². The van der Waals surface area contributed by atoms with Crippen LogP contribution in [0.4, 0.5) is 0 Å². The Morgan fingerprint density at radius 1 is 1.17 bits per heavy atom. The van der Waals surface area contributed by atoms with Gasteiger partial charge in [-0.05, 0) is 6.92 Å². The molecule has 72 valence electrons. The molecule has 0 aliphatic carbocycles. The zero-order valence-electron chi connectivity index (χ0n) is 7.60. The van der Waals surface area contributed by atoms with Crippen LogP contribution < -0.4 is 0 Å². The molecule has 4 nitrogen and oxygen atoms in total. The molecule has 0 aromatic rings. The van der Waals surface area contributed by atoms with Crippen LogP contribution in [0.2, 0.25) is 0 Å². The van der Waals surface area contributed by atoms with Crippen LogP contribution in [0.1, 0.15) is 13.8 Å². The lowest BCUT2D eigenvalue weighted by Crippen LogP contribution is -2.53. The second kappa shape index (κ2) is 3.70. The topological polar surface area (TPSA) is 58.9 Å². The summed E-state index contributed by atoms with van der Waals surface area (Å²) >= 11 is 0. The fraction of sp³-hybridized carbons (Fsp3) is 1.00. The van der Waals surface area contributed by atoms with E-state index in [-0.39, 0.29) is 12.0 Å². The molecule has 1 aliphatic heterocycles. The highest BCUT2D eigenvalue weighted by molar-refractivity contribution is 4.84. The average Bonchev–Trinajstić information content (AvgIpc) is 2.08. The third-order valence-electron chi connectivity index (χ3n) is 2.49. The van der Waals surface area contributed by atoms with Crippen LogP contribution in [0.15, 0.2) is 0 Å². The van der Waals surface area contributed by atoms with E-state index in [1.54, 1.807) is 0 Å². The highest BCUT2D eigenvalue weighted by atomic mass is 16.7. The van der Waals surface area contributed by atoms with Gasteiger partial charge >= 0.3 is 0 Å². The van der Waals surface area contributed by atoms with E-state index in [0.717, 1.165) is 0 Å². The van der Waals surface area contributed by atoms with E-state index in [4.69, 9.17) is 9.47 Å². The number of rotatable bonds is 1. The Morgan fingerprint density at radius 2 is 1.75 bits per heavy atom. The van der Waals surface area contributed by atoms with Crippen molar-refractivity contribution in [2.24, 2.45) is 5.92 Å². The summed E-state index contributed by atoms with van der Waals surface area (Å²) in [6.07, 6.45) is -2.50. The van der Waals surface area contributed by atoms with Crippen LogP contribution in [0.3, 0.4) is 0 Å². The fourth-order valence-electron chi connectivity index (χ4n) is 1.36. The van der Waals surface area contributed by atoms with Crippen molar-refractivity contribution in [1.29, 1.82) is 0 Å². The van der Waals surface area contributed by atoms with Crippen LogP contribution in [-0.4, -0.2) is 41.9 Å². The highest BCUT2D eigenvalue weighted by Crippen LogP contribution is 2.25. The van der Waals surface area contributed by atoms with Gasteiger partial charge in [0, 0.05) is 13.0 Å². The lowest BCUT2D eigenvalue weighted by atomic mass is 9.92. The molecule has 0 saturated carbocycles. The van der Waals surface area contributed by atoms with Gasteiger partial charge in [-0.1, -0.05) is 6.92 Å². The molecule has 0 radical (unpaired) electrons. The van der Waals surface area contributed by atoms with Crippen molar-refractivity contribution in [2.45, 2.75) is 38.4 Å². The molecule has 1 fully saturated rings. The molecule has 1 rings (SSSR count). The monoisotopic (exact) mass is 176 g/mol. The van der Waals surface area contributed by atoms with Gasteiger partial charge in [-0.3, -0.25) is 0 Å². The van der Waals surface area contributed by atoms with Crippen molar-refractivity contribution in [3.05, 3.63) is 0 Å². The molecule has 2 N–H and O–H groups in total. The Hall–Kier alpha value is -0.160. The van der Waals surface area contributed by atoms with E-state index in [2.05, 4.69) is 0 Å². The number of aliphatic hydroxyl groups excluding tert-OH is 2. The number of aliphatic hydroxyl groups is 2. The Bertz CT molecular complexity index is 145. The van der Waals surface area contributed by atoms with E-state index in [1.165, 1.54) is 7.11 Å². The molecule has 5 atom stereocenters. The van der Waals surface area contributed by atoms with Gasteiger partial charge in [-0.25, -0.2) is 0 Å². The molecule has 12 heavy (non-hydrogen) atoms. The number of methoxy groups -OCH3 is 1. The predicted octanol–water partition coefficient (Wildman–Crippen LogP) is -0.264. The van der Waals surface area contributed by atoms with Crippen LogP contribution in [-0.2, 0) is 9.47 Å². The van der Waals surface area contributed by atoms with Gasteiger partial charge in [0.15, 0.2) is 6.29 Å². The normalized spacial score (nSPS) is 49.2. The summed E-state index contributed by atoms with van der Waals surface area (Å²) in [5.74, 6) is -0.0635. The van der Waals surface area contributed by atoms with Gasteiger partial charge in [-0.15, -0.1) is 0 Å². The van der Waals surface area contributed by atoms with E-state index in [0.29, 0.717) is 0 Å². The second-order valence-corrected chi connectivity index (χ2v) is 3.29. The van der Waals surface area contributed by atoms with E-state index in [1.807, 2.05) is 13.8 Å². The van der Waals surface area contributed by atoms with Gasteiger partial charge < -0.3 is 19.7 Å². The Balaban J connectivity index is 2.63. The molecular weight excluding hydrogens is 160 g/mol. The first-order chi connectivity index (χ1) is 5.57. The molecule has 5 unspecified atom stereocenters. The van der Waals surface area contributed by atoms with Crippen LogP contribution in [0.25, 0.3) is 0 Å². The average molecular weight is 176 g/mol. The molecule has 0 amide bonds. The lowest BCUT2D eigenvalue weighted by Gasteiger charge is -2.39. The van der Waals surface area contributed by atoms with Gasteiger partial charge in [0.05, 0.1) is 12.2 Å². The lowest BCUT2D eigenvalue weighted by molar-refractivity contribution is -0.271. The van der Waals surface area contributed by atoms with Crippen molar-refractivity contribution < 1.29 is 19.7 Å². The predicted molar refractivity (Wildman–Crippen MR) is 42.5 cm³/mol. The molecule has 4 heteroatoms. The quantitative estimate of drug-likeness (QED) is 0.577. The number of hydrogen-bond donors (Lipinski definition) is 2. The first-order valence-corrected chi connectivity index (χ1v) is 4.12.